The van der Waals surface area contributed by atoms with Gasteiger partial charge in [0.2, 0.25) is 11.4 Å². The van der Waals surface area contributed by atoms with Gasteiger partial charge in [0.25, 0.3) is 0 Å². The third-order valence-corrected chi connectivity index (χ3v) is 1.79. The van der Waals surface area contributed by atoms with Gasteiger partial charge in [-0.25, -0.2) is 9.59 Å². The van der Waals surface area contributed by atoms with E-state index in [-0.39, 0.29) is 0 Å². The van der Waals surface area contributed by atoms with Crippen LogP contribution in [0.25, 0.3) is 0 Å². The number of rotatable bonds is 3. The van der Waals surface area contributed by atoms with Crippen LogP contribution < -0.4 is 0 Å². The van der Waals surface area contributed by atoms with Crippen molar-refractivity contribution in [3.63, 3.8) is 0 Å². The van der Waals surface area contributed by atoms with Gasteiger partial charge in [-0.3, -0.25) is 9.59 Å². The molecular weight excluding hydrogens is 196 g/mol. The molecule has 76 valence electrons. The Kier molecular flexibility index (Phi) is 2.24. The number of Topliss-reactive ketones (excluding diaryl/α,β-unsaturated/α-hetero) is 1. The summed E-state index contributed by atoms with van der Waals surface area (Å²) in [6.45, 7) is 0. The first-order chi connectivity index (χ1) is 6.37. The number of ether oxygens (including phenoxy) is 1. The van der Waals surface area contributed by atoms with Crippen LogP contribution in [0, 0.1) is 0 Å². The minimum absolute atomic E-state index is 0.729. The quantitative estimate of drug-likeness (QED) is 0.435. The average molecular weight is 202 g/mol. The van der Waals surface area contributed by atoms with E-state index < -0.39 is 42.1 Å². The lowest BCUT2D eigenvalue weighted by molar-refractivity contribution is -0.174. The Balaban J connectivity index is 2.96. The SMILES string of the molecule is O=C(O)C[C@]1(C(=O)O)CC(=O)C(=O)O1. The smallest absolute Gasteiger partial charge is 0.375 e. The number of cyclic esters (lactones) is 1. The van der Waals surface area contributed by atoms with E-state index in [0.29, 0.717) is 0 Å². The lowest BCUT2D eigenvalue weighted by atomic mass is 9.96. The second-order valence-electron chi connectivity index (χ2n) is 2.86. The van der Waals surface area contributed by atoms with Gasteiger partial charge in [0.15, 0.2) is 0 Å². The van der Waals surface area contributed by atoms with E-state index in [2.05, 4.69) is 4.74 Å². The van der Waals surface area contributed by atoms with Gasteiger partial charge in [0.05, 0.1) is 12.8 Å². The molecule has 0 aliphatic carbocycles. The van der Waals surface area contributed by atoms with E-state index in [1.807, 2.05) is 0 Å². The summed E-state index contributed by atoms with van der Waals surface area (Å²) in [5, 5.41) is 17.0. The molecule has 2 N–H and O–H groups in total. The Morgan fingerprint density at radius 1 is 1.36 bits per heavy atom. The Bertz CT molecular complexity index is 313. The number of ketones is 1. The summed E-state index contributed by atoms with van der Waals surface area (Å²) < 4.78 is 4.26. The second-order valence-corrected chi connectivity index (χ2v) is 2.86. The van der Waals surface area contributed by atoms with Gasteiger partial charge in [-0.15, -0.1) is 0 Å². The van der Waals surface area contributed by atoms with Crippen LogP contribution in [0.4, 0.5) is 0 Å². The van der Waals surface area contributed by atoms with Gasteiger partial charge in [-0.1, -0.05) is 0 Å². The molecule has 0 radical (unpaired) electrons. The van der Waals surface area contributed by atoms with E-state index in [1.54, 1.807) is 0 Å². The molecule has 0 aromatic carbocycles. The molecule has 1 rings (SSSR count). The van der Waals surface area contributed by atoms with Gasteiger partial charge in [0.1, 0.15) is 0 Å². The fourth-order valence-corrected chi connectivity index (χ4v) is 1.14. The minimum atomic E-state index is -2.22. The molecule has 0 unspecified atom stereocenters. The molecule has 0 aromatic heterocycles. The normalized spacial score (nSPS) is 26.0. The summed E-state index contributed by atoms with van der Waals surface area (Å²) in [5.41, 5.74) is -2.22. The number of hydrogen-bond donors (Lipinski definition) is 2. The highest BCUT2D eigenvalue weighted by molar-refractivity contribution is 6.37. The summed E-state index contributed by atoms with van der Waals surface area (Å²) in [6, 6.07) is 0. The fraction of sp³-hybridized carbons (Fsp3) is 0.429. The highest BCUT2D eigenvalue weighted by Crippen LogP contribution is 2.28. The molecule has 0 bridgehead atoms. The van der Waals surface area contributed by atoms with Crippen molar-refractivity contribution < 1.29 is 34.1 Å². The van der Waals surface area contributed by atoms with Crippen molar-refractivity contribution in [3.8, 4) is 0 Å². The number of aliphatic carboxylic acids is 2. The zero-order chi connectivity index (χ0) is 10.9. The number of hydrogen-bond acceptors (Lipinski definition) is 5. The van der Waals surface area contributed by atoms with Crippen LogP contribution in [0.1, 0.15) is 12.8 Å². The Morgan fingerprint density at radius 2 is 1.93 bits per heavy atom. The number of carbonyl (C=O) groups is 4. The number of carboxylic acid groups (broad SMARTS) is 2. The van der Waals surface area contributed by atoms with Gasteiger partial charge in [-0.2, -0.15) is 0 Å². The zero-order valence-corrected chi connectivity index (χ0v) is 6.85. The van der Waals surface area contributed by atoms with E-state index >= 15 is 0 Å². The summed E-state index contributed by atoms with van der Waals surface area (Å²) in [5.74, 6) is -5.39. The Labute approximate surface area is 77.3 Å². The Hall–Kier alpha value is -1.92. The van der Waals surface area contributed by atoms with Crippen LogP contribution in [0.15, 0.2) is 0 Å². The molecule has 0 amide bonds. The third-order valence-electron chi connectivity index (χ3n) is 1.79. The minimum Gasteiger partial charge on any atom is -0.481 e. The molecular formula is C7H6O7. The highest BCUT2D eigenvalue weighted by atomic mass is 16.6. The van der Waals surface area contributed by atoms with Crippen LogP contribution in [-0.2, 0) is 23.9 Å². The first kappa shape index (κ1) is 10.2. The molecule has 0 saturated carbocycles. The molecule has 7 heteroatoms. The third kappa shape index (κ3) is 1.56. The van der Waals surface area contributed by atoms with Crippen molar-refractivity contribution >= 4 is 23.7 Å². The first-order valence-corrected chi connectivity index (χ1v) is 3.59. The van der Waals surface area contributed by atoms with Crippen molar-refractivity contribution in [2.75, 3.05) is 0 Å². The molecule has 1 atom stereocenters. The molecule has 1 heterocycles. The van der Waals surface area contributed by atoms with Gasteiger partial charge in [0, 0.05) is 0 Å². The molecule has 1 saturated heterocycles. The number of esters is 1. The monoisotopic (exact) mass is 202 g/mol. The van der Waals surface area contributed by atoms with Crippen molar-refractivity contribution in [1.82, 2.24) is 0 Å². The van der Waals surface area contributed by atoms with Crippen molar-refractivity contribution in [3.05, 3.63) is 0 Å². The molecule has 7 nitrogen and oxygen atoms in total. The van der Waals surface area contributed by atoms with Crippen molar-refractivity contribution in [2.24, 2.45) is 0 Å². The van der Waals surface area contributed by atoms with Crippen molar-refractivity contribution in [2.45, 2.75) is 18.4 Å². The molecule has 1 aliphatic rings. The molecule has 1 fully saturated rings. The van der Waals surface area contributed by atoms with Gasteiger partial charge >= 0.3 is 17.9 Å². The molecule has 0 aromatic rings. The summed E-state index contributed by atoms with van der Waals surface area (Å²) in [4.78, 5) is 42.4. The first-order valence-electron chi connectivity index (χ1n) is 3.59. The number of carbonyl (C=O) groups excluding carboxylic acids is 2. The standard InChI is InChI=1S/C7H6O7/c8-3-1-7(6(12)13,2-4(9)10)14-5(3)11/h1-2H2,(H,9,10)(H,12,13)/t7-/m0/s1. The second kappa shape index (κ2) is 3.09. The van der Waals surface area contributed by atoms with Crippen molar-refractivity contribution in [1.29, 1.82) is 0 Å². The van der Waals surface area contributed by atoms with Crippen LogP contribution in [-0.4, -0.2) is 39.5 Å². The topological polar surface area (TPSA) is 118 Å². The average Bonchev–Trinajstić information content (AvgIpc) is 2.27. The van der Waals surface area contributed by atoms with E-state index in [0.717, 1.165) is 0 Å². The predicted molar refractivity (Wildman–Crippen MR) is 38.3 cm³/mol. The van der Waals surface area contributed by atoms with E-state index in [9.17, 15) is 19.2 Å². The van der Waals surface area contributed by atoms with Crippen LogP contribution in [0.3, 0.4) is 0 Å². The Morgan fingerprint density at radius 3 is 2.21 bits per heavy atom. The molecule has 14 heavy (non-hydrogen) atoms. The highest BCUT2D eigenvalue weighted by Gasteiger charge is 2.53. The van der Waals surface area contributed by atoms with Crippen LogP contribution in [0.5, 0.6) is 0 Å². The van der Waals surface area contributed by atoms with Crippen LogP contribution >= 0.6 is 0 Å². The van der Waals surface area contributed by atoms with Gasteiger partial charge in [-0.05, 0) is 0 Å². The van der Waals surface area contributed by atoms with Gasteiger partial charge < -0.3 is 14.9 Å². The summed E-state index contributed by atoms with van der Waals surface area (Å²) in [6.07, 6.45) is -1.65. The zero-order valence-electron chi connectivity index (χ0n) is 6.85. The van der Waals surface area contributed by atoms with Crippen LogP contribution in [0.2, 0.25) is 0 Å². The lowest BCUT2D eigenvalue weighted by Gasteiger charge is -2.18. The fourth-order valence-electron chi connectivity index (χ4n) is 1.14. The maximum Gasteiger partial charge on any atom is 0.375 e. The van der Waals surface area contributed by atoms with E-state index in [1.165, 1.54) is 0 Å². The summed E-state index contributed by atoms with van der Waals surface area (Å²) in [7, 11) is 0. The lowest BCUT2D eigenvalue weighted by Crippen LogP contribution is -2.40. The number of carboxylic acids is 2. The largest absolute Gasteiger partial charge is 0.481 e. The molecule has 1 aliphatic heterocycles. The maximum absolute atomic E-state index is 10.7. The molecule has 0 spiro atoms. The van der Waals surface area contributed by atoms with E-state index in [4.69, 9.17) is 10.2 Å². The predicted octanol–water partition coefficient (Wildman–Crippen LogP) is -1.20. The summed E-state index contributed by atoms with van der Waals surface area (Å²) >= 11 is 0. The maximum atomic E-state index is 10.7.